The van der Waals surface area contributed by atoms with Crippen molar-refractivity contribution in [2.24, 2.45) is 5.92 Å². The van der Waals surface area contributed by atoms with Gasteiger partial charge in [0.1, 0.15) is 0 Å². The molecule has 2 N–H and O–H groups in total. The number of nitrogens with zero attached hydrogens (tertiary/aromatic N) is 1. The maximum Gasteiger partial charge on any atom is 0.312 e. The highest BCUT2D eigenvalue weighted by Crippen LogP contribution is 2.33. The highest BCUT2D eigenvalue weighted by molar-refractivity contribution is 5.76. The van der Waals surface area contributed by atoms with Gasteiger partial charge in [-0.05, 0) is 24.3 Å². The summed E-state index contributed by atoms with van der Waals surface area (Å²) in [5, 5.41) is 15.6. The first kappa shape index (κ1) is 8.29. The molecule has 0 unspecified atom stereocenters. The van der Waals surface area contributed by atoms with Crippen LogP contribution in [0.4, 0.5) is 0 Å². The summed E-state index contributed by atoms with van der Waals surface area (Å²) in [4.78, 5) is 10.9. The lowest BCUT2D eigenvalue weighted by Gasteiger charge is -2.23. The molecule has 0 amide bonds. The molecule has 2 atom stereocenters. The van der Waals surface area contributed by atoms with Gasteiger partial charge >= 0.3 is 5.97 Å². The zero-order valence-corrected chi connectivity index (χ0v) is 7.45. The van der Waals surface area contributed by atoms with Gasteiger partial charge in [0.15, 0.2) is 0 Å². The predicted octanol–water partition coefficient (Wildman–Crippen LogP) is 1.16. The second kappa shape index (κ2) is 2.87. The zero-order chi connectivity index (χ0) is 9.42. The Morgan fingerprint density at radius 1 is 1.77 bits per heavy atom. The fourth-order valence-electron chi connectivity index (χ4n) is 1.99. The van der Waals surface area contributed by atoms with Crippen LogP contribution >= 0.6 is 0 Å². The Morgan fingerprint density at radius 3 is 3.23 bits per heavy atom. The highest BCUT2D eigenvalue weighted by Gasteiger charge is 2.31. The highest BCUT2D eigenvalue weighted by atomic mass is 16.4. The number of aromatic nitrogens is 2. The molecular weight excluding hydrogens is 168 g/mol. The minimum absolute atomic E-state index is 0.388. The fraction of sp³-hybridized carbons (Fsp3) is 0.556. The molecule has 1 heterocycles. The standard InChI is InChI=1S/C9H12N2O2/c1-5-2-6-4-10-11-8(6)7(3-5)9(12)13/h4-5,7H,2-3H2,1H3,(H,10,11)(H,12,13)/t5-,7+/m1/s1. The van der Waals surface area contributed by atoms with E-state index in [1.165, 1.54) is 0 Å². The van der Waals surface area contributed by atoms with E-state index in [2.05, 4.69) is 17.1 Å². The van der Waals surface area contributed by atoms with Crippen molar-refractivity contribution in [3.63, 3.8) is 0 Å². The summed E-state index contributed by atoms with van der Waals surface area (Å²) in [6.45, 7) is 2.08. The quantitative estimate of drug-likeness (QED) is 0.681. The van der Waals surface area contributed by atoms with Crippen molar-refractivity contribution in [3.05, 3.63) is 17.5 Å². The van der Waals surface area contributed by atoms with Gasteiger partial charge in [0, 0.05) is 0 Å². The minimum Gasteiger partial charge on any atom is -0.481 e. The molecule has 0 spiro atoms. The van der Waals surface area contributed by atoms with Crippen molar-refractivity contribution < 1.29 is 9.90 Å². The molecule has 0 bridgehead atoms. The van der Waals surface area contributed by atoms with Crippen LogP contribution in [0.15, 0.2) is 6.20 Å². The summed E-state index contributed by atoms with van der Waals surface area (Å²) < 4.78 is 0. The number of fused-ring (bicyclic) bond motifs is 1. The van der Waals surface area contributed by atoms with Gasteiger partial charge in [-0.2, -0.15) is 5.10 Å². The molecule has 0 fully saturated rings. The third-order valence-electron chi connectivity index (χ3n) is 2.60. The van der Waals surface area contributed by atoms with E-state index < -0.39 is 5.97 Å². The van der Waals surface area contributed by atoms with Gasteiger partial charge in [-0.3, -0.25) is 9.89 Å². The van der Waals surface area contributed by atoms with Gasteiger partial charge in [0.05, 0.1) is 17.8 Å². The lowest BCUT2D eigenvalue weighted by molar-refractivity contribution is -0.139. The molecule has 4 heteroatoms. The van der Waals surface area contributed by atoms with Crippen LogP contribution in [-0.2, 0) is 11.2 Å². The first-order chi connectivity index (χ1) is 6.18. The topological polar surface area (TPSA) is 66.0 Å². The molecule has 1 aliphatic carbocycles. The van der Waals surface area contributed by atoms with Crippen LogP contribution in [0.25, 0.3) is 0 Å². The summed E-state index contributed by atoms with van der Waals surface area (Å²) in [6, 6.07) is 0. The molecule has 0 saturated heterocycles. The van der Waals surface area contributed by atoms with E-state index in [0.29, 0.717) is 12.3 Å². The van der Waals surface area contributed by atoms with E-state index in [1.807, 2.05) is 0 Å². The van der Waals surface area contributed by atoms with Crippen LogP contribution in [-0.4, -0.2) is 21.3 Å². The molecule has 0 radical (unpaired) electrons. The molecule has 1 aliphatic rings. The molecule has 70 valence electrons. The molecule has 0 aliphatic heterocycles. The van der Waals surface area contributed by atoms with Crippen molar-refractivity contribution in [3.8, 4) is 0 Å². The van der Waals surface area contributed by atoms with Gasteiger partial charge in [-0.25, -0.2) is 0 Å². The van der Waals surface area contributed by atoms with E-state index in [1.54, 1.807) is 6.20 Å². The van der Waals surface area contributed by atoms with Crippen LogP contribution in [0.5, 0.6) is 0 Å². The maximum absolute atomic E-state index is 10.9. The van der Waals surface area contributed by atoms with Crippen molar-refractivity contribution >= 4 is 5.97 Å². The summed E-state index contributed by atoms with van der Waals surface area (Å²) >= 11 is 0. The van der Waals surface area contributed by atoms with E-state index >= 15 is 0 Å². The molecule has 2 rings (SSSR count). The Hall–Kier alpha value is -1.32. The Labute approximate surface area is 76.0 Å². The average Bonchev–Trinajstić information content (AvgIpc) is 2.49. The largest absolute Gasteiger partial charge is 0.481 e. The number of aromatic amines is 1. The fourth-order valence-corrected chi connectivity index (χ4v) is 1.99. The van der Waals surface area contributed by atoms with Gasteiger partial charge in [0.2, 0.25) is 0 Å². The first-order valence-corrected chi connectivity index (χ1v) is 4.43. The molecule has 0 saturated carbocycles. The van der Waals surface area contributed by atoms with Crippen molar-refractivity contribution in [2.75, 3.05) is 0 Å². The second-order valence-electron chi connectivity index (χ2n) is 3.74. The smallest absolute Gasteiger partial charge is 0.312 e. The summed E-state index contributed by atoms with van der Waals surface area (Å²) in [5.74, 6) is -0.704. The van der Waals surface area contributed by atoms with Gasteiger partial charge in [-0.15, -0.1) is 0 Å². The molecule has 0 aromatic carbocycles. The number of H-pyrrole nitrogens is 1. The number of hydrogen-bond acceptors (Lipinski definition) is 2. The number of aliphatic carboxylic acids is 1. The van der Waals surface area contributed by atoms with Crippen molar-refractivity contribution in [1.82, 2.24) is 10.2 Å². The molecular formula is C9H12N2O2. The van der Waals surface area contributed by atoms with Crippen molar-refractivity contribution in [2.45, 2.75) is 25.7 Å². The molecule has 1 aromatic heterocycles. The first-order valence-electron chi connectivity index (χ1n) is 4.43. The van der Waals surface area contributed by atoms with E-state index in [0.717, 1.165) is 17.7 Å². The number of carboxylic acid groups (broad SMARTS) is 1. The minimum atomic E-state index is -0.753. The second-order valence-corrected chi connectivity index (χ2v) is 3.74. The van der Waals surface area contributed by atoms with Crippen LogP contribution < -0.4 is 0 Å². The Balaban J connectivity index is 2.38. The maximum atomic E-state index is 10.9. The lowest BCUT2D eigenvalue weighted by atomic mass is 9.81. The normalized spacial score (nSPS) is 26.8. The van der Waals surface area contributed by atoms with Crippen molar-refractivity contribution in [1.29, 1.82) is 0 Å². The number of carbonyl (C=O) groups is 1. The van der Waals surface area contributed by atoms with Crippen LogP contribution in [0.1, 0.15) is 30.5 Å². The third kappa shape index (κ3) is 1.32. The monoisotopic (exact) mass is 180 g/mol. The average molecular weight is 180 g/mol. The Bertz CT molecular complexity index is 332. The lowest BCUT2D eigenvalue weighted by Crippen LogP contribution is -2.22. The SMILES string of the molecule is C[C@@H]1Cc2cn[nH]c2[C@@H](C(=O)O)C1. The number of rotatable bonds is 1. The summed E-state index contributed by atoms with van der Waals surface area (Å²) in [7, 11) is 0. The number of hydrogen-bond donors (Lipinski definition) is 2. The Morgan fingerprint density at radius 2 is 2.54 bits per heavy atom. The molecule has 1 aromatic rings. The van der Waals surface area contributed by atoms with Crippen LogP contribution in [0.2, 0.25) is 0 Å². The summed E-state index contributed by atoms with van der Waals surface area (Å²) in [5.41, 5.74) is 1.86. The van der Waals surface area contributed by atoms with Gasteiger partial charge < -0.3 is 5.11 Å². The van der Waals surface area contributed by atoms with E-state index in [-0.39, 0.29) is 5.92 Å². The van der Waals surface area contributed by atoms with E-state index in [4.69, 9.17) is 5.11 Å². The molecule has 13 heavy (non-hydrogen) atoms. The van der Waals surface area contributed by atoms with Gasteiger partial charge in [0.25, 0.3) is 0 Å². The number of nitrogens with one attached hydrogen (secondary N) is 1. The summed E-state index contributed by atoms with van der Waals surface area (Å²) in [6.07, 6.45) is 3.39. The number of carboxylic acids is 1. The predicted molar refractivity (Wildman–Crippen MR) is 46.4 cm³/mol. The third-order valence-corrected chi connectivity index (χ3v) is 2.60. The molecule has 4 nitrogen and oxygen atoms in total. The van der Waals surface area contributed by atoms with Crippen LogP contribution in [0.3, 0.4) is 0 Å². The van der Waals surface area contributed by atoms with E-state index in [9.17, 15) is 4.79 Å². The Kier molecular flexibility index (Phi) is 1.83. The van der Waals surface area contributed by atoms with Crippen LogP contribution in [0, 0.1) is 5.92 Å². The van der Waals surface area contributed by atoms with Gasteiger partial charge in [-0.1, -0.05) is 6.92 Å². The zero-order valence-electron chi connectivity index (χ0n) is 7.45.